The first-order valence-electron chi connectivity index (χ1n) is 7.14. The summed E-state index contributed by atoms with van der Waals surface area (Å²) in [7, 11) is 1.96. The summed E-state index contributed by atoms with van der Waals surface area (Å²) in [5.41, 5.74) is 1.31. The third-order valence-electron chi connectivity index (χ3n) is 4.38. The molecule has 0 bridgehead atoms. The van der Waals surface area contributed by atoms with Gasteiger partial charge in [0.25, 0.3) is 0 Å². The maximum Gasteiger partial charge on any atom is 0.0762 e. The van der Waals surface area contributed by atoms with Crippen molar-refractivity contribution in [3.63, 3.8) is 0 Å². The summed E-state index contributed by atoms with van der Waals surface area (Å²) < 4.78 is 8.24. The normalized spacial score (nSPS) is 26.8. The first-order chi connectivity index (χ1) is 8.81. The van der Waals surface area contributed by atoms with Crippen LogP contribution in [-0.2, 0) is 11.3 Å². The summed E-state index contributed by atoms with van der Waals surface area (Å²) in [6.45, 7) is 1.74. The Balaban J connectivity index is 1.71. The molecular formula is C14H23N3O. The van der Waals surface area contributed by atoms with Crippen molar-refractivity contribution in [3.8, 4) is 0 Å². The number of ether oxygens (including phenoxy) is 1. The predicted octanol–water partition coefficient (Wildman–Crippen LogP) is 2.27. The van der Waals surface area contributed by atoms with Crippen LogP contribution in [0.25, 0.3) is 0 Å². The molecule has 1 spiro atoms. The topological polar surface area (TPSA) is 39.1 Å². The Morgan fingerprint density at radius 2 is 2.33 bits per heavy atom. The van der Waals surface area contributed by atoms with E-state index in [0.29, 0.717) is 6.04 Å². The molecule has 4 heteroatoms. The van der Waals surface area contributed by atoms with Crippen LogP contribution in [0.15, 0.2) is 12.3 Å². The van der Waals surface area contributed by atoms with Gasteiger partial charge in [-0.3, -0.25) is 4.68 Å². The molecule has 1 unspecified atom stereocenters. The van der Waals surface area contributed by atoms with Gasteiger partial charge in [0.2, 0.25) is 0 Å². The lowest BCUT2D eigenvalue weighted by Crippen LogP contribution is -2.38. The molecule has 1 atom stereocenters. The second-order valence-corrected chi connectivity index (χ2v) is 5.70. The van der Waals surface area contributed by atoms with E-state index in [0.717, 1.165) is 31.7 Å². The van der Waals surface area contributed by atoms with Crippen LogP contribution in [0.3, 0.4) is 0 Å². The molecule has 1 aliphatic heterocycles. The van der Waals surface area contributed by atoms with Gasteiger partial charge < -0.3 is 10.1 Å². The minimum absolute atomic E-state index is 0.179. The van der Waals surface area contributed by atoms with E-state index in [1.54, 1.807) is 0 Å². The minimum atomic E-state index is 0.179. The van der Waals surface area contributed by atoms with Gasteiger partial charge in [0, 0.05) is 19.3 Å². The Labute approximate surface area is 109 Å². The van der Waals surface area contributed by atoms with Crippen molar-refractivity contribution >= 4 is 0 Å². The average molecular weight is 249 g/mol. The molecule has 0 aromatic carbocycles. The van der Waals surface area contributed by atoms with Crippen LogP contribution in [0.4, 0.5) is 0 Å². The maximum atomic E-state index is 6.08. The van der Waals surface area contributed by atoms with Gasteiger partial charge in [0.05, 0.1) is 17.3 Å². The fourth-order valence-corrected chi connectivity index (χ4v) is 3.45. The summed E-state index contributed by atoms with van der Waals surface area (Å²) >= 11 is 0. The van der Waals surface area contributed by atoms with Crippen molar-refractivity contribution in [2.45, 2.75) is 56.7 Å². The maximum absolute atomic E-state index is 6.08. The summed E-state index contributed by atoms with van der Waals surface area (Å²) in [6, 6.07) is 2.65. The van der Waals surface area contributed by atoms with Crippen molar-refractivity contribution < 1.29 is 4.74 Å². The Morgan fingerprint density at radius 3 is 3.11 bits per heavy atom. The lowest BCUT2D eigenvalue weighted by Gasteiger charge is -2.38. The Morgan fingerprint density at radius 1 is 1.50 bits per heavy atom. The molecule has 0 amide bonds. The van der Waals surface area contributed by atoms with E-state index in [1.807, 2.05) is 7.05 Å². The number of hydrogen-bond acceptors (Lipinski definition) is 3. The van der Waals surface area contributed by atoms with E-state index in [-0.39, 0.29) is 5.60 Å². The van der Waals surface area contributed by atoms with E-state index >= 15 is 0 Å². The largest absolute Gasteiger partial charge is 0.375 e. The van der Waals surface area contributed by atoms with Crippen LogP contribution in [0.5, 0.6) is 0 Å². The number of nitrogens with one attached hydrogen (secondary N) is 1. The fraction of sp³-hybridized carbons (Fsp3) is 0.786. The number of rotatable bonds is 3. The zero-order chi connectivity index (χ0) is 12.4. The van der Waals surface area contributed by atoms with Gasteiger partial charge in [-0.2, -0.15) is 5.10 Å². The molecule has 3 rings (SSSR count). The second-order valence-electron chi connectivity index (χ2n) is 5.70. The third-order valence-corrected chi connectivity index (χ3v) is 4.38. The van der Waals surface area contributed by atoms with Gasteiger partial charge in [-0.05, 0) is 38.8 Å². The molecule has 1 aromatic heterocycles. The molecule has 1 N–H and O–H groups in total. The predicted molar refractivity (Wildman–Crippen MR) is 70.4 cm³/mol. The standard InChI is InChI=1S/C14H23N3O/c1-15-11-12-4-8-17(16-12)13-5-9-18-14(10-13)6-2-3-7-14/h4,8,13,15H,2-3,5-7,9-11H2,1H3. The molecule has 1 aliphatic carbocycles. The SMILES string of the molecule is CNCc1ccn(C2CCOC3(CCCC3)C2)n1. The summed E-state index contributed by atoms with van der Waals surface area (Å²) in [5, 5.41) is 7.83. The number of aromatic nitrogens is 2. The van der Waals surface area contributed by atoms with E-state index < -0.39 is 0 Å². The highest BCUT2D eigenvalue weighted by molar-refractivity contribution is 5.01. The highest BCUT2D eigenvalue weighted by Gasteiger charge is 2.40. The monoisotopic (exact) mass is 249 g/mol. The lowest BCUT2D eigenvalue weighted by molar-refractivity contribution is -0.0910. The quantitative estimate of drug-likeness (QED) is 0.893. The van der Waals surface area contributed by atoms with Gasteiger partial charge >= 0.3 is 0 Å². The van der Waals surface area contributed by atoms with Crippen LogP contribution >= 0.6 is 0 Å². The van der Waals surface area contributed by atoms with Gasteiger partial charge in [0.1, 0.15) is 0 Å². The molecule has 2 aliphatic rings. The Hall–Kier alpha value is -0.870. The highest BCUT2D eigenvalue weighted by atomic mass is 16.5. The zero-order valence-electron chi connectivity index (χ0n) is 11.2. The summed E-state index contributed by atoms with van der Waals surface area (Å²) in [4.78, 5) is 0. The fourth-order valence-electron chi connectivity index (χ4n) is 3.45. The lowest BCUT2D eigenvalue weighted by atomic mass is 9.89. The molecule has 100 valence electrons. The van der Waals surface area contributed by atoms with Crippen LogP contribution in [0.1, 0.15) is 50.3 Å². The molecule has 2 fully saturated rings. The molecule has 1 saturated carbocycles. The van der Waals surface area contributed by atoms with Crippen molar-refractivity contribution in [2.24, 2.45) is 0 Å². The van der Waals surface area contributed by atoms with Crippen molar-refractivity contribution in [2.75, 3.05) is 13.7 Å². The number of hydrogen-bond donors (Lipinski definition) is 1. The van der Waals surface area contributed by atoms with E-state index in [2.05, 4.69) is 27.4 Å². The molecule has 2 heterocycles. The smallest absolute Gasteiger partial charge is 0.0762 e. The molecule has 0 radical (unpaired) electrons. The summed E-state index contributed by atoms with van der Waals surface area (Å²) in [6.07, 6.45) is 9.53. The van der Waals surface area contributed by atoms with Crippen molar-refractivity contribution in [3.05, 3.63) is 18.0 Å². The van der Waals surface area contributed by atoms with Gasteiger partial charge in [-0.1, -0.05) is 12.8 Å². The molecule has 18 heavy (non-hydrogen) atoms. The van der Waals surface area contributed by atoms with Crippen LogP contribution < -0.4 is 5.32 Å². The zero-order valence-corrected chi connectivity index (χ0v) is 11.2. The Bertz CT molecular complexity index is 395. The van der Waals surface area contributed by atoms with Crippen LogP contribution in [0, 0.1) is 0 Å². The van der Waals surface area contributed by atoms with Crippen LogP contribution in [-0.4, -0.2) is 29.0 Å². The van der Waals surface area contributed by atoms with Crippen molar-refractivity contribution in [1.29, 1.82) is 0 Å². The Kier molecular flexibility index (Phi) is 3.39. The molecule has 1 saturated heterocycles. The third kappa shape index (κ3) is 2.31. The van der Waals surface area contributed by atoms with E-state index in [1.165, 1.54) is 25.7 Å². The highest BCUT2D eigenvalue weighted by Crippen LogP contribution is 2.43. The van der Waals surface area contributed by atoms with Crippen molar-refractivity contribution in [1.82, 2.24) is 15.1 Å². The summed E-state index contributed by atoms with van der Waals surface area (Å²) in [5.74, 6) is 0. The average Bonchev–Trinajstić information content (AvgIpc) is 3.00. The van der Waals surface area contributed by atoms with Crippen LogP contribution in [0.2, 0.25) is 0 Å². The van der Waals surface area contributed by atoms with E-state index in [9.17, 15) is 0 Å². The van der Waals surface area contributed by atoms with Gasteiger partial charge in [0.15, 0.2) is 0 Å². The van der Waals surface area contributed by atoms with Gasteiger partial charge in [-0.15, -0.1) is 0 Å². The molecule has 1 aromatic rings. The first-order valence-corrected chi connectivity index (χ1v) is 7.14. The second kappa shape index (κ2) is 5.02. The number of nitrogens with zero attached hydrogens (tertiary/aromatic N) is 2. The minimum Gasteiger partial charge on any atom is -0.375 e. The van der Waals surface area contributed by atoms with E-state index in [4.69, 9.17) is 4.74 Å². The molecular weight excluding hydrogens is 226 g/mol. The molecule has 4 nitrogen and oxygen atoms in total. The first kappa shape index (κ1) is 12.2. The van der Waals surface area contributed by atoms with Gasteiger partial charge in [-0.25, -0.2) is 0 Å².